The molecule has 0 atom stereocenters. The molecule has 0 fully saturated rings. The third kappa shape index (κ3) is 6.77. The van der Waals surface area contributed by atoms with E-state index >= 15 is 0 Å². The monoisotopic (exact) mass is 617 g/mol. The molecule has 0 radical (unpaired) electrons. The summed E-state index contributed by atoms with van der Waals surface area (Å²) in [5.41, 5.74) is 3.93. The van der Waals surface area contributed by atoms with Crippen LogP contribution < -0.4 is 14.9 Å². The minimum atomic E-state index is -0.323. The molecule has 0 N–H and O–H groups in total. The number of rotatable bonds is 10. The summed E-state index contributed by atoms with van der Waals surface area (Å²) in [7, 11) is 8.68. The number of ether oxygens (including phenoxy) is 2. The fourth-order valence-electron chi connectivity index (χ4n) is 5.17. The highest BCUT2D eigenvalue weighted by molar-refractivity contribution is 7.22. The second-order valence-electron chi connectivity index (χ2n) is 10.5. The molecular weight excluding hydrogens is 582 g/mol. The molecule has 1 amide bonds. The highest BCUT2D eigenvalue weighted by Crippen LogP contribution is 2.39. The molecule has 224 valence electrons. The maximum atomic E-state index is 14.2. The minimum Gasteiger partial charge on any atom is -0.497 e. The topological polar surface area (TPSA) is 64.0 Å². The summed E-state index contributed by atoms with van der Waals surface area (Å²) >= 11 is 1.57. The lowest BCUT2D eigenvalue weighted by atomic mass is 10.0. The summed E-state index contributed by atoms with van der Waals surface area (Å²) in [6.45, 7) is 1.68. The van der Waals surface area contributed by atoms with Crippen LogP contribution in [0.4, 0.5) is 0 Å². The first-order chi connectivity index (χ1) is 20.3. The van der Waals surface area contributed by atoms with Gasteiger partial charge in [-0.2, -0.15) is 0 Å². The lowest BCUT2D eigenvalue weighted by Gasteiger charge is -2.18. The van der Waals surface area contributed by atoms with Crippen molar-refractivity contribution in [1.82, 2.24) is 14.4 Å². The highest BCUT2D eigenvalue weighted by Gasteiger charge is 2.25. The number of aromatic nitrogens is 1. The maximum absolute atomic E-state index is 14.2. The van der Waals surface area contributed by atoms with Crippen molar-refractivity contribution >= 4 is 39.9 Å². The van der Waals surface area contributed by atoms with Gasteiger partial charge in [-0.1, -0.05) is 48.5 Å². The molecule has 7 nitrogen and oxygen atoms in total. The van der Waals surface area contributed by atoms with Gasteiger partial charge in [0.15, 0.2) is 0 Å². The third-order valence-electron chi connectivity index (χ3n) is 7.25. The lowest BCUT2D eigenvalue weighted by molar-refractivity contribution is 0.0826. The number of benzene rings is 3. The molecule has 0 aliphatic carbocycles. The van der Waals surface area contributed by atoms with E-state index < -0.39 is 0 Å². The molecule has 9 heteroatoms. The van der Waals surface area contributed by atoms with E-state index in [9.17, 15) is 9.59 Å². The predicted octanol–water partition coefficient (Wildman–Crippen LogP) is 6.55. The number of carbonyl (C=O) groups excluding carboxylic acids is 1. The largest absolute Gasteiger partial charge is 0.497 e. The number of para-hydroxylation sites is 1. The molecule has 0 saturated heterocycles. The van der Waals surface area contributed by atoms with Gasteiger partial charge < -0.3 is 18.9 Å². The van der Waals surface area contributed by atoms with Crippen molar-refractivity contribution in [2.24, 2.45) is 0 Å². The molecule has 0 aliphatic heterocycles. The molecule has 3 aromatic carbocycles. The zero-order valence-electron chi connectivity index (χ0n) is 25.0. The molecule has 43 heavy (non-hydrogen) atoms. The van der Waals surface area contributed by atoms with Crippen LogP contribution in [-0.2, 0) is 19.6 Å². The second-order valence-corrected chi connectivity index (χ2v) is 11.5. The Morgan fingerprint density at radius 2 is 1.53 bits per heavy atom. The van der Waals surface area contributed by atoms with E-state index in [2.05, 4.69) is 24.1 Å². The normalized spacial score (nSPS) is 10.9. The van der Waals surface area contributed by atoms with Crippen LogP contribution in [0.25, 0.3) is 20.7 Å². The highest BCUT2D eigenvalue weighted by atomic mass is 35.5. The standard InChI is InChI=1S/C34H35N3O4S.ClH/c1-35(2)33(39)28-22-37(20-25-13-9-10-14-29(25)41-5)34-30(31(28)38)27(21-36(3)19-23-11-7-6-8-12-23)32(42-34)24-15-17-26(40-4)18-16-24;/h6-18,22H,19-21H2,1-5H3;1H. The summed E-state index contributed by atoms with van der Waals surface area (Å²) in [5.74, 6) is 1.19. The van der Waals surface area contributed by atoms with Crippen LogP contribution in [0, 0.1) is 0 Å². The van der Waals surface area contributed by atoms with E-state index in [4.69, 9.17) is 9.47 Å². The minimum absolute atomic E-state index is 0. The van der Waals surface area contributed by atoms with E-state index in [1.165, 1.54) is 10.5 Å². The quantitative estimate of drug-likeness (QED) is 0.178. The summed E-state index contributed by atoms with van der Waals surface area (Å²) in [4.78, 5) is 33.0. The van der Waals surface area contributed by atoms with Crippen molar-refractivity contribution in [1.29, 1.82) is 0 Å². The molecule has 0 saturated carbocycles. The second kappa shape index (κ2) is 13.9. The van der Waals surface area contributed by atoms with Gasteiger partial charge in [-0.15, -0.1) is 23.7 Å². The zero-order valence-corrected chi connectivity index (χ0v) is 26.6. The average Bonchev–Trinajstić information content (AvgIpc) is 3.38. The Labute approximate surface area is 262 Å². The van der Waals surface area contributed by atoms with Crippen molar-refractivity contribution in [3.63, 3.8) is 0 Å². The Morgan fingerprint density at radius 3 is 2.19 bits per heavy atom. The van der Waals surface area contributed by atoms with Crippen LogP contribution in [0.5, 0.6) is 11.5 Å². The Bertz CT molecular complexity index is 1770. The van der Waals surface area contributed by atoms with Crippen LogP contribution in [0.15, 0.2) is 89.9 Å². The molecule has 0 bridgehead atoms. The van der Waals surface area contributed by atoms with Gasteiger partial charge in [0.2, 0.25) is 5.43 Å². The number of fused-ring (bicyclic) bond motifs is 1. The Kier molecular flexibility index (Phi) is 10.3. The lowest BCUT2D eigenvalue weighted by Crippen LogP contribution is -2.29. The van der Waals surface area contributed by atoms with Crippen molar-refractivity contribution in [3.05, 3.63) is 118 Å². The van der Waals surface area contributed by atoms with Crippen LogP contribution >= 0.6 is 23.7 Å². The van der Waals surface area contributed by atoms with Gasteiger partial charge in [-0.25, -0.2) is 0 Å². The number of methoxy groups -OCH3 is 2. The Balaban J connectivity index is 0.00000423. The van der Waals surface area contributed by atoms with Gasteiger partial charge in [0.05, 0.1) is 26.2 Å². The van der Waals surface area contributed by atoms with Gasteiger partial charge in [-0.05, 0) is 54.1 Å². The van der Waals surface area contributed by atoms with Crippen LogP contribution in [0.1, 0.15) is 27.0 Å². The number of amides is 1. The number of halogens is 1. The number of nitrogens with zero attached hydrogens (tertiary/aromatic N) is 3. The van der Waals surface area contributed by atoms with Crippen molar-refractivity contribution < 1.29 is 14.3 Å². The molecule has 5 rings (SSSR count). The number of hydrogen-bond acceptors (Lipinski definition) is 6. The first-order valence-electron chi connectivity index (χ1n) is 13.7. The van der Waals surface area contributed by atoms with Gasteiger partial charge in [-0.3, -0.25) is 14.5 Å². The number of thiophene rings is 1. The Hall–Kier alpha value is -4.11. The van der Waals surface area contributed by atoms with E-state index in [0.717, 1.165) is 37.9 Å². The first kappa shape index (κ1) is 31.8. The average molecular weight is 618 g/mol. The van der Waals surface area contributed by atoms with Crippen LogP contribution in [-0.4, -0.2) is 55.6 Å². The van der Waals surface area contributed by atoms with Crippen LogP contribution in [0.3, 0.4) is 0 Å². The zero-order chi connectivity index (χ0) is 29.8. The molecule has 0 aliphatic rings. The van der Waals surface area contributed by atoms with Crippen molar-refractivity contribution in [2.75, 3.05) is 35.4 Å². The predicted molar refractivity (Wildman–Crippen MR) is 177 cm³/mol. The fraction of sp³-hybridized carbons (Fsp3) is 0.235. The molecular formula is C34H36ClN3O4S. The SMILES string of the molecule is COc1ccc(-c2sc3c(c2CN(C)Cc2ccccc2)c(=O)c(C(=O)N(C)C)cn3Cc2ccccc2OC)cc1.Cl. The first-order valence-corrected chi connectivity index (χ1v) is 14.5. The molecule has 5 aromatic rings. The van der Waals surface area contributed by atoms with E-state index in [1.54, 1.807) is 45.8 Å². The van der Waals surface area contributed by atoms with Crippen LogP contribution in [0.2, 0.25) is 0 Å². The third-order valence-corrected chi connectivity index (χ3v) is 8.57. The van der Waals surface area contributed by atoms with Gasteiger partial charge in [0, 0.05) is 43.8 Å². The van der Waals surface area contributed by atoms with E-state index in [1.807, 2.05) is 71.3 Å². The van der Waals surface area contributed by atoms with E-state index in [-0.39, 0.29) is 29.3 Å². The van der Waals surface area contributed by atoms with Gasteiger partial charge in [0.1, 0.15) is 21.9 Å². The molecule has 0 unspecified atom stereocenters. The van der Waals surface area contributed by atoms with Crippen molar-refractivity contribution in [3.8, 4) is 21.9 Å². The van der Waals surface area contributed by atoms with Gasteiger partial charge in [0.25, 0.3) is 5.91 Å². The summed E-state index contributed by atoms with van der Waals surface area (Å²) in [6, 6.07) is 26.0. The summed E-state index contributed by atoms with van der Waals surface area (Å²) < 4.78 is 13.1. The molecule has 2 aromatic heterocycles. The van der Waals surface area contributed by atoms with Crippen molar-refractivity contribution in [2.45, 2.75) is 19.6 Å². The molecule has 0 spiro atoms. The fourth-order valence-corrected chi connectivity index (χ4v) is 6.46. The summed E-state index contributed by atoms with van der Waals surface area (Å²) in [6.07, 6.45) is 1.70. The van der Waals surface area contributed by atoms with E-state index in [0.29, 0.717) is 25.0 Å². The van der Waals surface area contributed by atoms with Gasteiger partial charge >= 0.3 is 0 Å². The number of pyridine rings is 1. The Morgan fingerprint density at radius 1 is 0.860 bits per heavy atom. The molecule has 2 heterocycles. The number of carbonyl (C=O) groups is 1. The smallest absolute Gasteiger partial charge is 0.258 e. The number of hydrogen-bond donors (Lipinski definition) is 0. The summed E-state index contributed by atoms with van der Waals surface area (Å²) in [5, 5.41) is 0.577. The maximum Gasteiger partial charge on any atom is 0.258 e.